The van der Waals surface area contributed by atoms with E-state index >= 15 is 4.39 Å². The number of urea groups is 1. The number of rotatable bonds is 7. The smallest absolute Gasteiger partial charge is 0.347 e. The fourth-order valence-corrected chi connectivity index (χ4v) is 8.36. The summed E-state index contributed by atoms with van der Waals surface area (Å²) in [6, 6.07) is 5.31. The van der Waals surface area contributed by atoms with Crippen LogP contribution >= 0.6 is 11.8 Å². The molecule has 12 nitrogen and oxygen atoms in total. The van der Waals surface area contributed by atoms with Gasteiger partial charge in [0.1, 0.15) is 23.3 Å². The minimum absolute atomic E-state index is 0.103. The summed E-state index contributed by atoms with van der Waals surface area (Å²) in [4.78, 5) is 60.0. The van der Waals surface area contributed by atoms with Crippen molar-refractivity contribution in [1.29, 1.82) is 5.26 Å². The molecule has 3 unspecified atom stereocenters. The number of benzene rings is 1. The number of carbonyl (C=O) groups excluding carboxylic acids is 4. The molecule has 4 fully saturated rings. The van der Waals surface area contributed by atoms with Crippen LogP contribution < -0.4 is 26.2 Å². The van der Waals surface area contributed by atoms with Crippen molar-refractivity contribution < 1.29 is 36.7 Å². The van der Waals surface area contributed by atoms with Crippen molar-refractivity contribution >= 4 is 47.0 Å². The molecule has 1 saturated carbocycles. The van der Waals surface area contributed by atoms with Gasteiger partial charge in [-0.3, -0.25) is 19.3 Å². The van der Waals surface area contributed by atoms with Crippen LogP contribution in [-0.4, -0.2) is 70.7 Å². The lowest BCUT2D eigenvalue weighted by atomic mass is 9.86. The van der Waals surface area contributed by atoms with Gasteiger partial charge in [-0.15, -0.1) is 0 Å². The zero-order valence-corrected chi connectivity index (χ0v) is 27.7. The third kappa shape index (κ3) is 7.02. The maximum absolute atomic E-state index is 15.7. The largest absolute Gasteiger partial charge is 0.416 e. The van der Waals surface area contributed by atoms with Crippen molar-refractivity contribution in [2.24, 2.45) is 11.8 Å². The number of likely N-dealkylation sites (tertiary alicyclic amines) is 1. The van der Waals surface area contributed by atoms with Crippen molar-refractivity contribution in [2.75, 3.05) is 29.9 Å². The molecule has 0 bridgehead atoms. The summed E-state index contributed by atoms with van der Waals surface area (Å²) in [6.07, 6.45) is 1.62. The summed E-state index contributed by atoms with van der Waals surface area (Å²) < 4.78 is 54.9. The molecule has 4 N–H and O–H groups in total. The monoisotopic (exact) mass is 724 g/mol. The first-order valence-electron chi connectivity index (χ1n) is 16.5. The number of alkyl halides is 3. The molecule has 0 spiro atoms. The Bertz CT molecular complexity index is 1910. The molecule has 51 heavy (non-hydrogen) atoms. The summed E-state index contributed by atoms with van der Waals surface area (Å²) >= 11 is 1.27. The van der Waals surface area contributed by atoms with E-state index in [-0.39, 0.29) is 52.4 Å². The van der Waals surface area contributed by atoms with Gasteiger partial charge >= 0.3 is 12.2 Å². The Hall–Kier alpha value is -4.95. The zero-order valence-electron chi connectivity index (χ0n) is 26.9. The highest BCUT2D eigenvalue weighted by Gasteiger charge is 2.52. The predicted molar refractivity (Wildman–Crippen MR) is 177 cm³/mol. The van der Waals surface area contributed by atoms with Gasteiger partial charge in [0.25, 0.3) is 17.7 Å². The van der Waals surface area contributed by atoms with E-state index in [1.807, 2.05) is 6.07 Å². The average Bonchev–Trinajstić information content (AvgIpc) is 3.86. The normalized spacial score (nSPS) is 24.8. The van der Waals surface area contributed by atoms with Gasteiger partial charge in [0.15, 0.2) is 0 Å². The van der Waals surface area contributed by atoms with Crippen LogP contribution in [-0.2, 0) is 15.8 Å². The molecule has 1 aromatic heterocycles. The lowest BCUT2D eigenvalue weighted by Gasteiger charge is -2.45. The van der Waals surface area contributed by atoms with E-state index in [1.54, 1.807) is 11.0 Å². The third-order valence-electron chi connectivity index (χ3n) is 9.56. The van der Waals surface area contributed by atoms with E-state index in [0.717, 1.165) is 31.2 Å². The summed E-state index contributed by atoms with van der Waals surface area (Å²) in [5.41, 5.74) is -0.762. The van der Waals surface area contributed by atoms with E-state index in [2.05, 4.69) is 26.3 Å². The summed E-state index contributed by atoms with van der Waals surface area (Å²) in [5.74, 6) is -3.03. The predicted octanol–water partition coefficient (Wildman–Crippen LogP) is 4.25. The number of pyridine rings is 1. The van der Waals surface area contributed by atoms with Crippen molar-refractivity contribution in [3.05, 3.63) is 75.7 Å². The highest BCUT2D eigenvalue weighted by molar-refractivity contribution is 8.04. The molecule has 4 aliphatic heterocycles. The SMILES string of the molecule is N#C/C(=C\C1CC1)C(=O)N1CCC[C@@H](NC(=O)C2=C3NC(=O)N(c4ccc(C(=O)Nc5cc(C(F)(F)F)ccn5)cc4F)C4CCNC(S2)C34)C1. The molecule has 2 aromatic rings. The minimum Gasteiger partial charge on any atom is -0.347 e. The van der Waals surface area contributed by atoms with Crippen LogP contribution in [0.3, 0.4) is 0 Å². The number of piperidine rings is 2. The third-order valence-corrected chi connectivity index (χ3v) is 10.9. The van der Waals surface area contributed by atoms with E-state index in [4.69, 9.17) is 0 Å². The Kier molecular flexibility index (Phi) is 9.23. The quantitative estimate of drug-likeness (QED) is 0.188. The number of thioether (sulfide) groups is 1. The summed E-state index contributed by atoms with van der Waals surface area (Å²) in [6.45, 7) is 1.21. The van der Waals surface area contributed by atoms with Gasteiger partial charge < -0.3 is 26.2 Å². The molecule has 1 aromatic carbocycles. The van der Waals surface area contributed by atoms with Gasteiger partial charge in [-0.1, -0.05) is 17.8 Å². The van der Waals surface area contributed by atoms with Crippen LogP contribution in [0.2, 0.25) is 0 Å². The maximum atomic E-state index is 15.7. The fourth-order valence-electron chi connectivity index (χ4n) is 6.96. The number of nitrogens with zero attached hydrogens (tertiary/aromatic N) is 4. The van der Waals surface area contributed by atoms with Gasteiger partial charge in [-0.05, 0) is 74.9 Å². The number of carbonyl (C=O) groups is 4. The van der Waals surface area contributed by atoms with E-state index in [0.29, 0.717) is 49.0 Å². The Morgan fingerprint density at radius 2 is 1.90 bits per heavy atom. The molecule has 5 heterocycles. The van der Waals surface area contributed by atoms with E-state index in [9.17, 15) is 37.6 Å². The van der Waals surface area contributed by atoms with E-state index in [1.165, 1.54) is 28.8 Å². The number of aromatic nitrogens is 1. The molecule has 7 rings (SSSR count). The number of allylic oxidation sites excluding steroid dienone is 1. The molecular formula is C34H32F4N8O4S. The van der Waals surface area contributed by atoms with Crippen LogP contribution in [0, 0.1) is 29.0 Å². The first-order chi connectivity index (χ1) is 24.4. The van der Waals surface area contributed by atoms with Crippen LogP contribution in [0.1, 0.15) is 48.0 Å². The first-order valence-corrected chi connectivity index (χ1v) is 17.4. The fraction of sp³-hybridized carbons (Fsp3) is 0.412. The zero-order chi connectivity index (χ0) is 36.0. The molecule has 0 radical (unpaired) electrons. The molecule has 266 valence electrons. The molecule has 3 saturated heterocycles. The molecule has 5 aliphatic rings. The van der Waals surface area contributed by atoms with Crippen molar-refractivity contribution in [3.63, 3.8) is 0 Å². The Balaban J connectivity index is 1.05. The first kappa shape index (κ1) is 34.5. The van der Waals surface area contributed by atoms with Gasteiger partial charge in [0, 0.05) is 42.5 Å². The van der Waals surface area contributed by atoms with Crippen molar-refractivity contribution in [1.82, 2.24) is 25.8 Å². The second-order valence-electron chi connectivity index (χ2n) is 13.1. The van der Waals surface area contributed by atoms with Gasteiger partial charge in [0.05, 0.1) is 27.6 Å². The molecular weight excluding hydrogens is 692 g/mol. The van der Waals surface area contributed by atoms with Crippen LogP contribution in [0.25, 0.3) is 0 Å². The number of nitrogens with one attached hydrogen (secondary N) is 4. The van der Waals surface area contributed by atoms with Crippen molar-refractivity contribution in [2.45, 2.75) is 55.7 Å². The molecule has 4 atom stereocenters. The molecule has 5 amide bonds. The number of anilines is 2. The second kappa shape index (κ2) is 13.6. The minimum atomic E-state index is -4.65. The number of halogens is 4. The van der Waals surface area contributed by atoms with Crippen LogP contribution in [0.5, 0.6) is 0 Å². The number of hydrogen-bond donors (Lipinski definition) is 4. The number of amides is 5. The van der Waals surface area contributed by atoms with Crippen LogP contribution in [0.4, 0.5) is 33.9 Å². The van der Waals surface area contributed by atoms with Gasteiger partial charge in [0.2, 0.25) is 0 Å². The number of nitriles is 1. The Morgan fingerprint density at radius 1 is 1.10 bits per heavy atom. The summed E-state index contributed by atoms with van der Waals surface area (Å²) in [5, 5.41) is 20.7. The second-order valence-corrected chi connectivity index (χ2v) is 14.2. The van der Waals surface area contributed by atoms with Gasteiger partial charge in [-0.2, -0.15) is 18.4 Å². The molecule has 1 aliphatic carbocycles. The maximum Gasteiger partial charge on any atom is 0.416 e. The standard InChI is InChI=1S/C34H32F4N8O4S/c35-22-13-18(29(47)43-25-14-20(7-9-40-25)34(36,37)38)5-6-23(22)46-24-8-10-41-31-26(24)27(44-33(46)50)28(51-31)30(48)42-21-2-1-11-45(16-21)32(49)19(15-39)12-17-3-4-17/h5-7,9,12-14,17,21,24,26,31,41H,1-4,8,10-11,16H2,(H,42,48)(H,44,50)(H,40,43,47)/b19-12+/t21-,24?,26?,31?/m1/s1. The highest BCUT2D eigenvalue weighted by Crippen LogP contribution is 2.48. The lowest BCUT2D eigenvalue weighted by Crippen LogP contribution is -2.62. The molecule has 17 heteroatoms. The Morgan fingerprint density at radius 3 is 2.63 bits per heavy atom. The Labute approximate surface area is 293 Å². The van der Waals surface area contributed by atoms with Crippen molar-refractivity contribution in [3.8, 4) is 6.07 Å². The van der Waals surface area contributed by atoms with Crippen LogP contribution in [0.15, 0.2) is 58.8 Å². The van der Waals surface area contributed by atoms with Gasteiger partial charge in [-0.25, -0.2) is 14.2 Å². The summed E-state index contributed by atoms with van der Waals surface area (Å²) in [7, 11) is 0. The topological polar surface area (TPSA) is 160 Å². The average molecular weight is 725 g/mol. The highest BCUT2D eigenvalue weighted by atomic mass is 32.2. The van der Waals surface area contributed by atoms with E-state index < -0.39 is 47.4 Å². The lowest BCUT2D eigenvalue weighted by molar-refractivity contribution is -0.137. The number of hydrogen-bond acceptors (Lipinski definition) is 8.